The molecule has 4 nitrogen and oxygen atoms in total. The van der Waals surface area contributed by atoms with Crippen LogP contribution in [0.15, 0.2) is 45.3 Å². The molecule has 0 aliphatic carbocycles. The highest BCUT2D eigenvalue weighted by atomic mass is 32.2. The molecule has 0 aromatic carbocycles. The monoisotopic (exact) mass is 182 g/mol. The zero-order valence-corrected chi connectivity index (χ0v) is 6.95. The van der Waals surface area contributed by atoms with Crippen molar-refractivity contribution >= 4 is 9.84 Å². The summed E-state index contributed by atoms with van der Waals surface area (Å²) in [6, 6.07) is 0. The molecule has 0 atom stereocenters. The number of nitrogens with zero attached hydrogens (tertiary/aromatic N) is 2. The lowest BCUT2D eigenvalue weighted by Crippen LogP contribution is -2.00. The van der Waals surface area contributed by atoms with Crippen LogP contribution in [0.25, 0.3) is 0 Å². The summed E-state index contributed by atoms with van der Waals surface area (Å²) in [6.45, 7) is 0. The topological polar surface area (TPSA) is 58.9 Å². The van der Waals surface area contributed by atoms with Crippen molar-refractivity contribution in [2.24, 2.45) is 10.2 Å². The van der Waals surface area contributed by atoms with Crippen molar-refractivity contribution in [2.45, 2.75) is 0 Å². The summed E-state index contributed by atoms with van der Waals surface area (Å²) < 4.78 is 22.6. The van der Waals surface area contributed by atoms with E-state index in [9.17, 15) is 8.42 Å². The quantitative estimate of drug-likeness (QED) is 0.564. The molecular formula is C7H6N2O2S. The van der Waals surface area contributed by atoms with E-state index in [4.69, 9.17) is 0 Å². The van der Waals surface area contributed by atoms with Gasteiger partial charge in [0.25, 0.3) is 0 Å². The van der Waals surface area contributed by atoms with Crippen molar-refractivity contribution < 1.29 is 8.42 Å². The van der Waals surface area contributed by atoms with Gasteiger partial charge in [0.1, 0.15) is 0 Å². The van der Waals surface area contributed by atoms with Crippen LogP contribution in [0.5, 0.6) is 0 Å². The normalized spacial score (nSPS) is 24.3. The molecule has 0 aromatic heterocycles. The molecule has 0 radical (unpaired) electrons. The Hall–Kier alpha value is -1.23. The minimum absolute atomic E-state index is 0.0774. The molecule has 0 unspecified atom stereocenters. The van der Waals surface area contributed by atoms with E-state index in [1.807, 2.05) is 0 Å². The molecule has 0 aromatic rings. The van der Waals surface area contributed by atoms with Gasteiger partial charge in [0.05, 0.1) is 23.1 Å². The molecule has 0 saturated carbocycles. The first-order valence-electron chi connectivity index (χ1n) is 3.40. The van der Waals surface area contributed by atoms with E-state index in [1.165, 1.54) is 12.4 Å². The average molecular weight is 182 g/mol. The van der Waals surface area contributed by atoms with Crippen LogP contribution >= 0.6 is 0 Å². The molecule has 2 heterocycles. The number of rotatable bonds is 0. The minimum atomic E-state index is -3.11. The van der Waals surface area contributed by atoms with Gasteiger partial charge < -0.3 is 0 Å². The number of allylic oxidation sites excluding steroid dienone is 2. The summed E-state index contributed by atoms with van der Waals surface area (Å²) >= 11 is 0. The summed E-state index contributed by atoms with van der Waals surface area (Å²) in [7, 11) is -3.11. The largest absolute Gasteiger partial charge is 0.223 e. The first-order chi connectivity index (χ1) is 5.70. The molecule has 0 bridgehead atoms. The second-order valence-electron chi connectivity index (χ2n) is 2.48. The fraction of sp³-hybridized carbons (Fsp3) is 0.143. The third-order valence-corrected chi connectivity index (χ3v) is 3.32. The van der Waals surface area contributed by atoms with Crippen LogP contribution in [0.2, 0.25) is 0 Å². The van der Waals surface area contributed by atoms with Crippen molar-refractivity contribution in [2.75, 3.05) is 5.75 Å². The van der Waals surface area contributed by atoms with Gasteiger partial charge in [-0.3, -0.25) is 0 Å². The van der Waals surface area contributed by atoms with E-state index < -0.39 is 9.84 Å². The molecule has 62 valence electrons. The van der Waals surface area contributed by atoms with E-state index >= 15 is 0 Å². The van der Waals surface area contributed by atoms with Crippen LogP contribution in [0.4, 0.5) is 0 Å². The van der Waals surface area contributed by atoms with Crippen LogP contribution in [0.1, 0.15) is 0 Å². The number of sulfone groups is 1. The van der Waals surface area contributed by atoms with Crippen LogP contribution < -0.4 is 0 Å². The zero-order chi connectivity index (χ0) is 8.60. The zero-order valence-electron chi connectivity index (χ0n) is 6.14. The SMILES string of the molecule is O=S1(=O)CC=C2C=CN=NC=C21. The molecule has 0 fully saturated rings. The summed E-state index contributed by atoms with van der Waals surface area (Å²) in [4.78, 5) is 0.278. The number of fused-ring (bicyclic) bond motifs is 1. The third-order valence-electron chi connectivity index (χ3n) is 1.70. The maximum atomic E-state index is 11.3. The minimum Gasteiger partial charge on any atom is -0.223 e. The molecule has 0 spiro atoms. The fourth-order valence-corrected chi connectivity index (χ4v) is 2.41. The highest BCUT2D eigenvalue weighted by molar-refractivity contribution is 7.96. The smallest absolute Gasteiger partial charge is 0.184 e. The Morgan fingerprint density at radius 2 is 2.17 bits per heavy atom. The molecular weight excluding hydrogens is 176 g/mol. The van der Waals surface area contributed by atoms with Crippen molar-refractivity contribution in [3.8, 4) is 0 Å². The molecule has 12 heavy (non-hydrogen) atoms. The first-order valence-corrected chi connectivity index (χ1v) is 5.05. The van der Waals surface area contributed by atoms with Crippen molar-refractivity contribution in [3.05, 3.63) is 35.0 Å². The average Bonchev–Trinajstić information content (AvgIpc) is 2.27. The van der Waals surface area contributed by atoms with Gasteiger partial charge in [-0.25, -0.2) is 8.42 Å². The fourth-order valence-electron chi connectivity index (χ4n) is 1.11. The summed E-state index contributed by atoms with van der Waals surface area (Å²) in [5.41, 5.74) is 0.694. The maximum Gasteiger partial charge on any atom is 0.184 e. The molecule has 0 saturated heterocycles. The second-order valence-corrected chi connectivity index (χ2v) is 4.48. The van der Waals surface area contributed by atoms with Gasteiger partial charge in [0.2, 0.25) is 0 Å². The van der Waals surface area contributed by atoms with Gasteiger partial charge in [0, 0.05) is 0 Å². The van der Waals surface area contributed by atoms with Gasteiger partial charge in [-0.05, 0) is 11.6 Å². The first kappa shape index (κ1) is 7.42. The number of hydrogen-bond acceptors (Lipinski definition) is 4. The lowest BCUT2D eigenvalue weighted by atomic mass is 10.2. The standard InChI is InChI=1S/C7H6N2O2S/c10-12(11)4-2-6-1-3-8-9-5-7(6)12/h1-3,5H,4H2. The Morgan fingerprint density at radius 3 is 3.00 bits per heavy atom. The van der Waals surface area contributed by atoms with Gasteiger partial charge in [-0.1, -0.05) is 6.08 Å². The molecule has 0 N–H and O–H groups in total. The summed E-state index contributed by atoms with van der Waals surface area (Å²) in [5, 5.41) is 7.15. The Labute approximate surface area is 69.9 Å². The molecule has 2 aliphatic heterocycles. The molecule has 0 amide bonds. The van der Waals surface area contributed by atoms with Gasteiger partial charge >= 0.3 is 0 Å². The van der Waals surface area contributed by atoms with Crippen LogP contribution in [0.3, 0.4) is 0 Å². The van der Waals surface area contributed by atoms with Crippen LogP contribution in [0, 0.1) is 0 Å². The van der Waals surface area contributed by atoms with E-state index in [-0.39, 0.29) is 10.7 Å². The van der Waals surface area contributed by atoms with Gasteiger partial charge in [-0.2, -0.15) is 10.2 Å². The van der Waals surface area contributed by atoms with E-state index in [0.717, 1.165) is 0 Å². The predicted molar refractivity (Wildman–Crippen MR) is 43.9 cm³/mol. The lowest BCUT2D eigenvalue weighted by Gasteiger charge is -1.95. The van der Waals surface area contributed by atoms with Crippen molar-refractivity contribution in [1.29, 1.82) is 0 Å². The molecule has 5 heteroatoms. The molecule has 2 rings (SSSR count). The maximum absolute atomic E-state index is 11.3. The Balaban J connectivity index is 2.61. The molecule has 2 aliphatic rings. The summed E-state index contributed by atoms with van der Waals surface area (Å²) in [5.74, 6) is 0.0774. The predicted octanol–water partition coefficient (Wildman–Crippen LogP) is 1.16. The Bertz CT molecular complexity index is 426. The number of azo groups is 1. The van der Waals surface area contributed by atoms with Crippen molar-refractivity contribution in [3.63, 3.8) is 0 Å². The van der Waals surface area contributed by atoms with Crippen molar-refractivity contribution in [1.82, 2.24) is 0 Å². The lowest BCUT2D eigenvalue weighted by molar-refractivity contribution is 0.606. The third kappa shape index (κ3) is 1.02. The highest BCUT2D eigenvalue weighted by Crippen LogP contribution is 2.27. The summed E-state index contributed by atoms with van der Waals surface area (Å²) in [6.07, 6.45) is 6.07. The van der Waals surface area contributed by atoms with Gasteiger partial charge in [0.15, 0.2) is 9.84 Å². The van der Waals surface area contributed by atoms with E-state index in [0.29, 0.717) is 5.57 Å². The second kappa shape index (κ2) is 2.38. The number of hydrogen-bond donors (Lipinski definition) is 0. The van der Waals surface area contributed by atoms with Gasteiger partial charge in [-0.15, -0.1) is 0 Å². The van der Waals surface area contributed by atoms with Crippen LogP contribution in [-0.4, -0.2) is 14.2 Å². The van der Waals surface area contributed by atoms with E-state index in [2.05, 4.69) is 10.2 Å². The Morgan fingerprint density at radius 1 is 1.33 bits per heavy atom. The van der Waals surface area contributed by atoms with Crippen LogP contribution in [-0.2, 0) is 9.84 Å². The Kier molecular flexibility index (Phi) is 1.47. The highest BCUT2D eigenvalue weighted by Gasteiger charge is 2.26. The van der Waals surface area contributed by atoms with E-state index in [1.54, 1.807) is 12.2 Å².